The molecule has 0 atom stereocenters. The van der Waals surface area contributed by atoms with Crippen LogP contribution in [0.3, 0.4) is 0 Å². The minimum Gasteiger partial charge on any atom is -0.192 e. The third-order valence-electron chi connectivity index (χ3n) is 10.8. The second-order valence-corrected chi connectivity index (χ2v) is 13.7. The summed E-state index contributed by atoms with van der Waals surface area (Å²) in [6.45, 7) is 2.31. The quantitative estimate of drug-likeness (QED) is 0.168. The molecule has 2 saturated carbocycles. The number of hydrogen-bond acceptors (Lipinski definition) is 1. The van der Waals surface area contributed by atoms with Gasteiger partial charge in [-0.25, -0.2) is 0 Å². The molecule has 0 aliphatic heterocycles. The van der Waals surface area contributed by atoms with E-state index in [-0.39, 0.29) is 0 Å². The van der Waals surface area contributed by atoms with E-state index in [1.165, 1.54) is 110 Å². The second-order valence-electron chi connectivity index (χ2n) is 13.7. The highest BCUT2D eigenvalue weighted by Crippen LogP contribution is 2.39. The van der Waals surface area contributed by atoms with E-state index in [1.807, 2.05) is 24.3 Å². The minimum atomic E-state index is 0.654. The molecular formula is C44H49N. The van der Waals surface area contributed by atoms with E-state index in [0.29, 0.717) is 17.4 Å². The SMILES string of the molecule is CCCCC[C@H]1CC[C@H](c2ccc(-c3ccc(C=CC4CCC(c5ccc(-c6ccc(C#N)cc6)cc5)CC4)cc3)cc2)CC1. The molecule has 6 rings (SSSR count). The summed E-state index contributed by atoms with van der Waals surface area (Å²) in [6, 6.07) is 37.8. The second kappa shape index (κ2) is 15.4. The zero-order chi connectivity index (χ0) is 30.8. The number of nitriles is 1. The molecule has 0 unspecified atom stereocenters. The predicted molar refractivity (Wildman–Crippen MR) is 191 cm³/mol. The van der Waals surface area contributed by atoms with E-state index in [2.05, 4.69) is 97.9 Å². The topological polar surface area (TPSA) is 23.8 Å². The first-order chi connectivity index (χ1) is 22.2. The van der Waals surface area contributed by atoms with Crippen molar-refractivity contribution < 1.29 is 0 Å². The summed E-state index contributed by atoms with van der Waals surface area (Å²) in [7, 11) is 0. The summed E-state index contributed by atoms with van der Waals surface area (Å²) in [5.41, 5.74) is 10.0. The van der Waals surface area contributed by atoms with Crippen LogP contribution in [0.25, 0.3) is 28.3 Å². The lowest BCUT2D eigenvalue weighted by atomic mass is 9.77. The van der Waals surface area contributed by atoms with Gasteiger partial charge in [0.05, 0.1) is 11.6 Å². The van der Waals surface area contributed by atoms with Crippen LogP contribution in [0.4, 0.5) is 0 Å². The largest absolute Gasteiger partial charge is 0.192 e. The van der Waals surface area contributed by atoms with E-state index in [0.717, 1.165) is 11.8 Å². The summed E-state index contributed by atoms with van der Waals surface area (Å²) in [5, 5.41) is 9.05. The lowest BCUT2D eigenvalue weighted by Gasteiger charge is -2.29. The molecule has 230 valence electrons. The van der Waals surface area contributed by atoms with Crippen molar-refractivity contribution >= 4 is 6.08 Å². The van der Waals surface area contributed by atoms with Gasteiger partial charge in [-0.3, -0.25) is 0 Å². The van der Waals surface area contributed by atoms with Gasteiger partial charge >= 0.3 is 0 Å². The van der Waals surface area contributed by atoms with Crippen molar-refractivity contribution in [2.45, 2.75) is 95.8 Å². The van der Waals surface area contributed by atoms with E-state index < -0.39 is 0 Å². The molecule has 1 nitrogen and oxygen atoms in total. The number of rotatable bonds is 10. The van der Waals surface area contributed by atoms with Gasteiger partial charge in [0.15, 0.2) is 0 Å². The Bertz CT molecular complexity index is 1540. The normalized spacial score (nSPS) is 21.9. The maximum atomic E-state index is 9.05. The van der Waals surface area contributed by atoms with Crippen LogP contribution in [0.1, 0.15) is 118 Å². The molecule has 0 N–H and O–H groups in total. The van der Waals surface area contributed by atoms with E-state index in [1.54, 1.807) is 5.56 Å². The Labute approximate surface area is 272 Å². The van der Waals surface area contributed by atoms with Gasteiger partial charge in [-0.1, -0.05) is 130 Å². The highest BCUT2D eigenvalue weighted by Gasteiger charge is 2.22. The van der Waals surface area contributed by atoms with Gasteiger partial charge in [-0.05, 0) is 126 Å². The monoisotopic (exact) mass is 591 g/mol. The molecule has 0 saturated heterocycles. The summed E-state index contributed by atoms with van der Waals surface area (Å²) in [5.74, 6) is 3.05. The molecule has 2 aliphatic rings. The molecule has 0 spiro atoms. The zero-order valence-corrected chi connectivity index (χ0v) is 27.1. The van der Waals surface area contributed by atoms with Crippen LogP contribution in [-0.4, -0.2) is 0 Å². The Morgan fingerprint density at radius 2 is 1.04 bits per heavy atom. The molecule has 0 radical (unpaired) electrons. The fourth-order valence-electron chi connectivity index (χ4n) is 7.78. The Kier molecular flexibility index (Phi) is 10.6. The van der Waals surface area contributed by atoms with Crippen LogP contribution in [0, 0.1) is 23.2 Å². The highest BCUT2D eigenvalue weighted by molar-refractivity contribution is 5.66. The van der Waals surface area contributed by atoms with Crippen LogP contribution in [0.2, 0.25) is 0 Å². The van der Waals surface area contributed by atoms with Gasteiger partial charge in [0.25, 0.3) is 0 Å². The zero-order valence-electron chi connectivity index (χ0n) is 27.1. The predicted octanol–water partition coefficient (Wildman–Crippen LogP) is 12.7. The first kappa shape index (κ1) is 31.1. The van der Waals surface area contributed by atoms with Gasteiger partial charge < -0.3 is 0 Å². The van der Waals surface area contributed by atoms with Crippen molar-refractivity contribution in [2.75, 3.05) is 0 Å². The van der Waals surface area contributed by atoms with Crippen LogP contribution in [-0.2, 0) is 0 Å². The van der Waals surface area contributed by atoms with Crippen molar-refractivity contribution in [1.29, 1.82) is 5.26 Å². The molecule has 4 aromatic rings. The van der Waals surface area contributed by atoms with Gasteiger partial charge in [-0.15, -0.1) is 0 Å². The number of allylic oxidation sites excluding steroid dienone is 1. The summed E-state index contributed by atoms with van der Waals surface area (Å²) in [6.07, 6.45) is 21.0. The Morgan fingerprint density at radius 3 is 1.53 bits per heavy atom. The molecule has 0 heterocycles. The van der Waals surface area contributed by atoms with E-state index >= 15 is 0 Å². The van der Waals surface area contributed by atoms with Crippen molar-refractivity contribution in [2.24, 2.45) is 11.8 Å². The number of nitrogens with zero attached hydrogens (tertiary/aromatic N) is 1. The summed E-state index contributed by atoms with van der Waals surface area (Å²) in [4.78, 5) is 0. The highest BCUT2D eigenvalue weighted by atomic mass is 14.3. The van der Waals surface area contributed by atoms with Gasteiger partial charge in [0, 0.05) is 0 Å². The van der Waals surface area contributed by atoms with Crippen molar-refractivity contribution in [3.63, 3.8) is 0 Å². The summed E-state index contributed by atoms with van der Waals surface area (Å²) >= 11 is 0. The number of benzene rings is 4. The number of hydrogen-bond donors (Lipinski definition) is 0. The maximum Gasteiger partial charge on any atom is 0.0991 e. The van der Waals surface area contributed by atoms with Crippen LogP contribution in [0.5, 0.6) is 0 Å². The molecule has 1 heteroatoms. The molecule has 4 aromatic carbocycles. The Balaban J connectivity index is 0.962. The van der Waals surface area contributed by atoms with E-state index in [4.69, 9.17) is 5.26 Å². The molecule has 0 bridgehead atoms. The molecule has 0 aromatic heterocycles. The van der Waals surface area contributed by atoms with Gasteiger partial charge in [-0.2, -0.15) is 5.26 Å². The average Bonchev–Trinajstić information content (AvgIpc) is 3.12. The third kappa shape index (κ3) is 8.23. The fraction of sp³-hybridized carbons (Fsp3) is 0.386. The number of unbranched alkanes of at least 4 members (excludes halogenated alkanes) is 2. The third-order valence-corrected chi connectivity index (χ3v) is 10.8. The molecular weight excluding hydrogens is 542 g/mol. The van der Waals surface area contributed by atoms with Crippen molar-refractivity contribution in [3.8, 4) is 28.3 Å². The van der Waals surface area contributed by atoms with Gasteiger partial charge in [0.2, 0.25) is 0 Å². The first-order valence-corrected chi connectivity index (χ1v) is 17.7. The average molecular weight is 592 g/mol. The van der Waals surface area contributed by atoms with Crippen LogP contribution < -0.4 is 0 Å². The molecule has 0 amide bonds. The minimum absolute atomic E-state index is 0.654. The van der Waals surface area contributed by atoms with Crippen molar-refractivity contribution in [1.82, 2.24) is 0 Å². The van der Waals surface area contributed by atoms with Crippen LogP contribution in [0.15, 0.2) is 103 Å². The van der Waals surface area contributed by atoms with Gasteiger partial charge in [0.1, 0.15) is 0 Å². The summed E-state index contributed by atoms with van der Waals surface area (Å²) < 4.78 is 0. The van der Waals surface area contributed by atoms with Crippen LogP contribution >= 0.6 is 0 Å². The standard InChI is InChI=1S/C44H49N/c1-2-3-4-5-33-8-16-37(17-9-33)41-24-26-42(27-25-41)38-18-10-34(11-19-38)6-7-35-12-20-39(21-13-35)43-28-30-44(31-29-43)40-22-14-36(32-45)15-23-40/h6-7,10-11,14-15,18-19,22-31,33,35,37,39H,2-5,8-9,12-13,16-17,20-21H2,1H3/t33-,35?,37-,39?. The maximum absolute atomic E-state index is 9.05. The Hall–Kier alpha value is -3.89. The van der Waals surface area contributed by atoms with E-state index in [9.17, 15) is 0 Å². The van der Waals surface area contributed by atoms with Crippen molar-refractivity contribution in [3.05, 3.63) is 125 Å². The lowest BCUT2D eigenvalue weighted by Crippen LogP contribution is -2.13. The smallest absolute Gasteiger partial charge is 0.0991 e. The molecule has 2 fully saturated rings. The first-order valence-electron chi connectivity index (χ1n) is 17.7. The molecule has 45 heavy (non-hydrogen) atoms. The fourth-order valence-corrected chi connectivity index (χ4v) is 7.78. The molecule has 2 aliphatic carbocycles. The lowest BCUT2D eigenvalue weighted by molar-refractivity contribution is 0.303. The Morgan fingerprint density at radius 1 is 0.578 bits per heavy atom.